The van der Waals surface area contributed by atoms with E-state index in [4.69, 9.17) is 5.73 Å². The molecule has 0 fully saturated rings. The van der Waals surface area contributed by atoms with E-state index in [1.807, 2.05) is 24.4 Å². The Morgan fingerprint density at radius 1 is 1.00 bits per heavy atom. The Morgan fingerprint density at radius 3 is 2.22 bits per heavy atom. The third-order valence-electron chi connectivity index (χ3n) is 3.19. The molecule has 1 aromatic carbocycles. The predicted octanol–water partition coefficient (Wildman–Crippen LogP) is 3.45. The van der Waals surface area contributed by atoms with Crippen molar-refractivity contribution in [1.29, 1.82) is 0 Å². The summed E-state index contributed by atoms with van der Waals surface area (Å²) >= 11 is 0. The minimum Gasteiger partial charge on any atom is -0.324 e. The Hall–Kier alpha value is -1.67. The van der Waals surface area contributed by atoms with E-state index in [2.05, 4.69) is 43.1 Å². The van der Waals surface area contributed by atoms with Crippen LogP contribution in [-0.2, 0) is 6.42 Å². The number of pyridine rings is 1. The largest absolute Gasteiger partial charge is 0.324 e. The average molecular weight is 240 g/mol. The van der Waals surface area contributed by atoms with Gasteiger partial charge in [0.15, 0.2) is 0 Å². The van der Waals surface area contributed by atoms with Crippen molar-refractivity contribution >= 4 is 0 Å². The Balaban J connectivity index is 2.07. The lowest BCUT2D eigenvalue weighted by molar-refractivity contribution is 0.705. The molecule has 1 heterocycles. The van der Waals surface area contributed by atoms with Gasteiger partial charge in [0, 0.05) is 24.4 Å². The topological polar surface area (TPSA) is 38.9 Å². The van der Waals surface area contributed by atoms with E-state index in [9.17, 15) is 0 Å². The van der Waals surface area contributed by atoms with E-state index in [1.165, 1.54) is 11.1 Å². The number of hydrogen-bond donors (Lipinski definition) is 1. The van der Waals surface area contributed by atoms with Gasteiger partial charge >= 0.3 is 0 Å². The number of nitrogens with zero attached hydrogens (tertiary/aromatic N) is 1. The van der Waals surface area contributed by atoms with Crippen LogP contribution < -0.4 is 5.73 Å². The van der Waals surface area contributed by atoms with Gasteiger partial charge in [0.1, 0.15) is 0 Å². The molecule has 0 radical (unpaired) electrons. The van der Waals surface area contributed by atoms with Crippen molar-refractivity contribution in [3.63, 3.8) is 0 Å². The van der Waals surface area contributed by atoms with Gasteiger partial charge in [-0.2, -0.15) is 0 Å². The second-order valence-electron chi connectivity index (χ2n) is 4.95. The molecule has 2 N–H and O–H groups in total. The van der Waals surface area contributed by atoms with Crippen molar-refractivity contribution < 1.29 is 0 Å². The number of aromatic nitrogens is 1. The van der Waals surface area contributed by atoms with Crippen molar-refractivity contribution in [2.45, 2.75) is 32.2 Å². The second-order valence-corrected chi connectivity index (χ2v) is 4.95. The summed E-state index contributed by atoms with van der Waals surface area (Å²) in [6, 6.07) is 14.5. The molecule has 94 valence electrons. The summed E-state index contributed by atoms with van der Waals surface area (Å²) in [4.78, 5) is 4.31. The van der Waals surface area contributed by atoms with Crippen LogP contribution in [0.15, 0.2) is 48.7 Å². The molecular weight excluding hydrogens is 220 g/mol. The summed E-state index contributed by atoms with van der Waals surface area (Å²) in [7, 11) is 0. The smallest absolute Gasteiger partial charge is 0.0422 e. The maximum atomic E-state index is 6.21. The molecule has 1 unspecified atom stereocenters. The van der Waals surface area contributed by atoms with Gasteiger partial charge in [-0.3, -0.25) is 4.98 Å². The highest BCUT2D eigenvalue weighted by molar-refractivity contribution is 5.27. The molecule has 2 rings (SSSR count). The van der Waals surface area contributed by atoms with Crippen LogP contribution in [0, 0.1) is 0 Å². The molecule has 0 saturated carbocycles. The molecule has 1 atom stereocenters. The quantitative estimate of drug-likeness (QED) is 0.889. The molecule has 0 amide bonds. The van der Waals surface area contributed by atoms with Crippen LogP contribution in [0.5, 0.6) is 0 Å². The summed E-state index contributed by atoms with van der Waals surface area (Å²) in [5.41, 5.74) is 9.78. The van der Waals surface area contributed by atoms with Crippen molar-refractivity contribution in [2.24, 2.45) is 5.73 Å². The third-order valence-corrected chi connectivity index (χ3v) is 3.19. The van der Waals surface area contributed by atoms with Gasteiger partial charge in [-0.05, 0) is 29.2 Å². The van der Waals surface area contributed by atoms with Gasteiger partial charge in [0.2, 0.25) is 0 Å². The molecule has 2 heteroatoms. The lowest BCUT2D eigenvalue weighted by atomic mass is 9.97. The van der Waals surface area contributed by atoms with Crippen LogP contribution in [0.4, 0.5) is 0 Å². The molecule has 0 aliphatic heterocycles. The number of nitrogens with two attached hydrogens (primary N) is 1. The molecule has 1 aromatic heterocycles. The standard InChI is InChI=1S/C16H20N2/c1-12(2)13-6-8-14(9-7-13)16(17)11-15-5-3-4-10-18-15/h3-10,12,16H,11,17H2,1-2H3. The Labute approximate surface area is 109 Å². The van der Waals surface area contributed by atoms with Crippen molar-refractivity contribution in [3.05, 3.63) is 65.5 Å². The zero-order valence-corrected chi connectivity index (χ0v) is 11.0. The van der Waals surface area contributed by atoms with E-state index >= 15 is 0 Å². The third kappa shape index (κ3) is 3.17. The Bertz CT molecular complexity index is 474. The fourth-order valence-corrected chi connectivity index (χ4v) is 1.99. The number of hydrogen-bond acceptors (Lipinski definition) is 2. The van der Waals surface area contributed by atoms with Crippen molar-refractivity contribution in [2.75, 3.05) is 0 Å². The molecular formula is C16H20N2. The second kappa shape index (κ2) is 5.78. The van der Waals surface area contributed by atoms with Crippen LogP contribution in [0.25, 0.3) is 0 Å². The first-order chi connectivity index (χ1) is 8.66. The number of benzene rings is 1. The maximum absolute atomic E-state index is 6.21. The highest BCUT2D eigenvalue weighted by atomic mass is 14.7. The lowest BCUT2D eigenvalue weighted by Gasteiger charge is -2.13. The van der Waals surface area contributed by atoms with E-state index < -0.39 is 0 Å². The van der Waals surface area contributed by atoms with Crippen LogP contribution in [0.3, 0.4) is 0 Å². The zero-order valence-electron chi connectivity index (χ0n) is 11.0. The van der Waals surface area contributed by atoms with Crippen molar-refractivity contribution in [1.82, 2.24) is 4.98 Å². The minimum absolute atomic E-state index is 0.0149. The summed E-state index contributed by atoms with van der Waals surface area (Å²) in [6.45, 7) is 4.39. The highest BCUT2D eigenvalue weighted by Crippen LogP contribution is 2.19. The minimum atomic E-state index is 0.0149. The fourth-order valence-electron chi connectivity index (χ4n) is 1.99. The Morgan fingerprint density at radius 2 is 1.67 bits per heavy atom. The first-order valence-electron chi connectivity index (χ1n) is 6.42. The Kier molecular flexibility index (Phi) is 4.11. The van der Waals surface area contributed by atoms with Crippen LogP contribution in [0.2, 0.25) is 0 Å². The van der Waals surface area contributed by atoms with E-state index in [0.717, 1.165) is 12.1 Å². The molecule has 18 heavy (non-hydrogen) atoms. The van der Waals surface area contributed by atoms with Crippen molar-refractivity contribution in [3.8, 4) is 0 Å². The molecule has 0 spiro atoms. The summed E-state index contributed by atoms with van der Waals surface area (Å²) < 4.78 is 0. The maximum Gasteiger partial charge on any atom is 0.0422 e. The SMILES string of the molecule is CC(C)c1ccc(C(N)Cc2ccccn2)cc1. The van der Waals surface area contributed by atoms with Gasteiger partial charge in [-0.15, -0.1) is 0 Å². The first-order valence-corrected chi connectivity index (χ1v) is 6.42. The lowest BCUT2D eigenvalue weighted by Crippen LogP contribution is -2.14. The molecule has 0 saturated heterocycles. The van der Waals surface area contributed by atoms with Gasteiger partial charge in [-0.25, -0.2) is 0 Å². The molecule has 0 aliphatic rings. The van der Waals surface area contributed by atoms with Crippen LogP contribution in [0.1, 0.15) is 42.6 Å². The normalized spacial score (nSPS) is 12.7. The molecule has 0 aliphatic carbocycles. The monoisotopic (exact) mass is 240 g/mol. The van der Waals surface area contributed by atoms with Crippen LogP contribution >= 0.6 is 0 Å². The number of rotatable bonds is 4. The molecule has 2 aromatic rings. The predicted molar refractivity (Wildman–Crippen MR) is 75.4 cm³/mol. The first kappa shape index (κ1) is 12.8. The van der Waals surface area contributed by atoms with E-state index in [1.54, 1.807) is 0 Å². The summed E-state index contributed by atoms with van der Waals surface area (Å²) in [6.07, 6.45) is 2.59. The zero-order chi connectivity index (χ0) is 13.0. The average Bonchev–Trinajstić information content (AvgIpc) is 2.40. The van der Waals surface area contributed by atoms with E-state index in [0.29, 0.717) is 5.92 Å². The summed E-state index contributed by atoms with van der Waals surface area (Å²) in [5.74, 6) is 0.561. The van der Waals surface area contributed by atoms with Gasteiger partial charge in [0.05, 0.1) is 0 Å². The van der Waals surface area contributed by atoms with Gasteiger partial charge in [0.25, 0.3) is 0 Å². The van der Waals surface area contributed by atoms with Gasteiger partial charge in [-0.1, -0.05) is 44.2 Å². The fraction of sp³-hybridized carbons (Fsp3) is 0.312. The van der Waals surface area contributed by atoms with Crippen LogP contribution in [-0.4, -0.2) is 4.98 Å². The van der Waals surface area contributed by atoms with E-state index in [-0.39, 0.29) is 6.04 Å². The molecule has 2 nitrogen and oxygen atoms in total. The highest BCUT2D eigenvalue weighted by Gasteiger charge is 2.08. The van der Waals surface area contributed by atoms with Gasteiger partial charge < -0.3 is 5.73 Å². The molecule has 0 bridgehead atoms. The summed E-state index contributed by atoms with van der Waals surface area (Å²) in [5, 5.41) is 0.